The van der Waals surface area contributed by atoms with Gasteiger partial charge < -0.3 is 33.8 Å². The molecule has 0 aromatic rings. The van der Waals surface area contributed by atoms with E-state index in [0.717, 1.165) is 126 Å². The number of esters is 4. The smallest absolute Gasteiger partial charge is 0.462 e. The molecule has 0 saturated heterocycles. The maximum Gasteiger partial charge on any atom is 0.472 e. The van der Waals surface area contributed by atoms with Crippen molar-refractivity contribution in [3.63, 3.8) is 0 Å². The van der Waals surface area contributed by atoms with Crippen molar-refractivity contribution in [3.8, 4) is 0 Å². The second-order valence-corrected chi connectivity index (χ2v) is 30.1. The predicted molar refractivity (Wildman–Crippen MR) is 367 cm³/mol. The van der Waals surface area contributed by atoms with Gasteiger partial charge in [0.2, 0.25) is 0 Å². The normalized spacial score (nSPS) is 15.1. The van der Waals surface area contributed by atoms with Gasteiger partial charge in [0, 0.05) is 25.7 Å². The lowest BCUT2D eigenvalue weighted by molar-refractivity contribution is -0.161. The number of aliphatic hydroxyl groups excluding tert-OH is 1. The van der Waals surface area contributed by atoms with Gasteiger partial charge in [0.1, 0.15) is 19.3 Å². The highest BCUT2D eigenvalue weighted by Gasteiger charge is 2.30. The SMILES string of the molecule is CCC(C)CCCCCCCCCCCCC(=O)O[C@H](COC(=O)CCCCCCCCC(C)CC)COP(=O)(O)OC[C@@H](O)COP(=O)(O)OC[C@@H](COC(=O)CCCCCCCCC(C)CC)OC(=O)CCCCCCCCCCCCCCCCC(C)C. The Kier molecular flexibility index (Phi) is 60.3. The first-order valence-electron chi connectivity index (χ1n) is 37.3. The third-order valence-corrected chi connectivity index (χ3v) is 19.6. The van der Waals surface area contributed by atoms with Crippen LogP contribution in [0.15, 0.2) is 0 Å². The van der Waals surface area contributed by atoms with Crippen molar-refractivity contribution < 1.29 is 80.2 Å². The Bertz CT molecular complexity index is 1800. The van der Waals surface area contributed by atoms with Crippen molar-refractivity contribution in [2.24, 2.45) is 23.7 Å². The monoisotopic (exact) mass is 1340 g/mol. The topological polar surface area (TPSA) is 237 Å². The van der Waals surface area contributed by atoms with Gasteiger partial charge in [-0.15, -0.1) is 0 Å². The number of rotatable bonds is 69. The zero-order chi connectivity index (χ0) is 67.5. The van der Waals surface area contributed by atoms with Gasteiger partial charge >= 0.3 is 39.5 Å². The molecule has 19 heteroatoms. The average Bonchev–Trinajstić information content (AvgIpc) is 3.12. The number of phosphoric ester groups is 2. The third-order valence-electron chi connectivity index (χ3n) is 17.7. The number of aliphatic hydroxyl groups is 1. The number of carbonyl (C=O) groups is 4. The van der Waals surface area contributed by atoms with Crippen molar-refractivity contribution in [2.45, 2.75) is 375 Å². The lowest BCUT2D eigenvalue weighted by atomic mass is 9.99. The second-order valence-electron chi connectivity index (χ2n) is 27.2. The summed E-state index contributed by atoms with van der Waals surface area (Å²) in [6.07, 6.45) is 44.4. The quantitative estimate of drug-likeness (QED) is 0.0222. The molecular weight excluding hydrogens is 1200 g/mol. The summed E-state index contributed by atoms with van der Waals surface area (Å²) in [5, 5.41) is 10.6. The van der Waals surface area contributed by atoms with E-state index in [0.29, 0.717) is 25.7 Å². The molecule has 0 saturated carbocycles. The van der Waals surface area contributed by atoms with Gasteiger partial charge in [-0.05, 0) is 49.4 Å². The molecule has 0 amide bonds. The number of carbonyl (C=O) groups excluding carboxylic acids is 4. The highest BCUT2D eigenvalue weighted by Crippen LogP contribution is 2.45. The molecule has 0 rings (SSSR count). The number of ether oxygens (including phenoxy) is 4. The van der Waals surface area contributed by atoms with Gasteiger partial charge in [0.25, 0.3) is 0 Å². The summed E-state index contributed by atoms with van der Waals surface area (Å²) in [6.45, 7) is 14.1. The second kappa shape index (κ2) is 61.6. The molecule has 0 fully saturated rings. The lowest BCUT2D eigenvalue weighted by Gasteiger charge is -2.21. The number of hydrogen-bond donors (Lipinski definition) is 3. The van der Waals surface area contributed by atoms with E-state index in [1.807, 2.05) is 0 Å². The first-order valence-corrected chi connectivity index (χ1v) is 40.3. The first-order chi connectivity index (χ1) is 43.7. The zero-order valence-corrected chi connectivity index (χ0v) is 61.3. The average molecular weight is 1340 g/mol. The summed E-state index contributed by atoms with van der Waals surface area (Å²) in [5.74, 6) is 0.931. The van der Waals surface area contributed by atoms with E-state index in [-0.39, 0.29) is 25.7 Å². The standard InChI is InChI=1S/C72H140O17P2/c1-9-63(6)49-41-33-25-21-18-19-23-27-39-47-55-72(77)89-68(59-83-70(75)53-45-37-31-29-35-43-51-65(8)11-3)61-87-91(80,81)85-57-66(73)56-84-90(78,79)86-60-67(58-82-69(74)52-44-36-30-28-34-42-50-64(7)10-2)88-71(76)54-46-38-26-22-17-15-13-12-14-16-20-24-32-40-48-62(4)5/h62-68,73H,9-61H2,1-8H3,(H,78,79)(H,80,81)/t63?,64?,65?,66-,67+,68+/m0/s1. The van der Waals surface area contributed by atoms with Gasteiger partial charge in [-0.3, -0.25) is 37.3 Å². The molecule has 0 spiro atoms. The van der Waals surface area contributed by atoms with Crippen LogP contribution < -0.4 is 0 Å². The summed E-state index contributed by atoms with van der Waals surface area (Å²) in [4.78, 5) is 72.6. The molecule has 0 bridgehead atoms. The van der Waals surface area contributed by atoms with Gasteiger partial charge in [-0.25, -0.2) is 9.13 Å². The van der Waals surface area contributed by atoms with E-state index in [2.05, 4.69) is 55.4 Å². The third kappa shape index (κ3) is 62.6. The molecule has 540 valence electrons. The largest absolute Gasteiger partial charge is 0.472 e. The number of hydrogen-bond acceptors (Lipinski definition) is 15. The molecule has 8 atom stereocenters. The van der Waals surface area contributed by atoms with E-state index >= 15 is 0 Å². The van der Waals surface area contributed by atoms with Crippen LogP contribution in [-0.2, 0) is 65.4 Å². The summed E-state index contributed by atoms with van der Waals surface area (Å²) in [6, 6.07) is 0. The maximum absolute atomic E-state index is 13.0. The van der Waals surface area contributed by atoms with Crippen LogP contribution in [0.1, 0.15) is 357 Å². The van der Waals surface area contributed by atoms with Gasteiger partial charge in [0.05, 0.1) is 26.4 Å². The van der Waals surface area contributed by atoms with Gasteiger partial charge in [0.15, 0.2) is 12.2 Å². The number of unbranched alkanes of at least 4 members (excludes halogenated alkanes) is 32. The molecule has 0 radical (unpaired) electrons. The van der Waals surface area contributed by atoms with Crippen LogP contribution in [0.25, 0.3) is 0 Å². The molecule has 3 N–H and O–H groups in total. The Morgan fingerprint density at radius 1 is 0.308 bits per heavy atom. The van der Waals surface area contributed by atoms with Crippen LogP contribution >= 0.6 is 15.6 Å². The minimum Gasteiger partial charge on any atom is -0.462 e. The molecule has 0 aliphatic carbocycles. The summed E-state index contributed by atoms with van der Waals surface area (Å²) in [5.41, 5.74) is 0. The van der Waals surface area contributed by atoms with Crippen molar-refractivity contribution in [1.29, 1.82) is 0 Å². The first kappa shape index (κ1) is 89.1. The Morgan fingerprint density at radius 2 is 0.527 bits per heavy atom. The van der Waals surface area contributed by atoms with Crippen molar-refractivity contribution >= 4 is 39.5 Å². The van der Waals surface area contributed by atoms with Crippen LogP contribution in [0.4, 0.5) is 0 Å². The van der Waals surface area contributed by atoms with E-state index in [9.17, 15) is 43.2 Å². The Balaban J connectivity index is 5.25. The van der Waals surface area contributed by atoms with Crippen molar-refractivity contribution in [3.05, 3.63) is 0 Å². The minimum absolute atomic E-state index is 0.105. The Hall–Kier alpha value is -1.94. The molecule has 5 unspecified atom stereocenters. The summed E-state index contributed by atoms with van der Waals surface area (Å²) >= 11 is 0. The fourth-order valence-corrected chi connectivity index (χ4v) is 12.3. The Morgan fingerprint density at radius 3 is 0.780 bits per heavy atom. The number of phosphoric acid groups is 2. The van der Waals surface area contributed by atoms with E-state index in [1.54, 1.807) is 0 Å². The molecule has 0 aliphatic rings. The molecule has 17 nitrogen and oxygen atoms in total. The van der Waals surface area contributed by atoms with Crippen molar-refractivity contribution in [2.75, 3.05) is 39.6 Å². The summed E-state index contributed by atoms with van der Waals surface area (Å²) in [7, 11) is -9.91. The zero-order valence-electron chi connectivity index (χ0n) is 59.5. The predicted octanol–water partition coefficient (Wildman–Crippen LogP) is 20.5. The summed E-state index contributed by atoms with van der Waals surface area (Å²) < 4.78 is 68.4. The molecule has 91 heavy (non-hydrogen) atoms. The van der Waals surface area contributed by atoms with Crippen LogP contribution in [0.5, 0.6) is 0 Å². The highest BCUT2D eigenvalue weighted by molar-refractivity contribution is 7.47. The van der Waals surface area contributed by atoms with Crippen molar-refractivity contribution in [1.82, 2.24) is 0 Å². The highest BCUT2D eigenvalue weighted by atomic mass is 31.2. The van der Waals surface area contributed by atoms with E-state index < -0.39 is 97.5 Å². The fourth-order valence-electron chi connectivity index (χ4n) is 10.7. The van der Waals surface area contributed by atoms with Gasteiger partial charge in [-0.2, -0.15) is 0 Å². The maximum atomic E-state index is 13.0. The lowest BCUT2D eigenvalue weighted by Crippen LogP contribution is -2.30. The van der Waals surface area contributed by atoms with Crippen LogP contribution in [0.3, 0.4) is 0 Å². The van der Waals surface area contributed by atoms with E-state index in [1.165, 1.54) is 148 Å². The molecule has 0 aromatic carbocycles. The molecule has 0 aliphatic heterocycles. The molecule has 0 heterocycles. The van der Waals surface area contributed by atoms with Crippen LogP contribution in [0.2, 0.25) is 0 Å². The fraction of sp³-hybridized carbons (Fsp3) is 0.944. The van der Waals surface area contributed by atoms with E-state index in [4.69, 9.17) is 37.0 Å². The van der Waals surface area contributed by atoms with Crippen LogP contribution in [0, 0.1) is 23.7 Å². The van der Waals surface area contributed by atoms with Gasteiger partial charge in [-0.1, -0.05) is 306 Å². The Labute approximate surface area is 556 Å². The minimum atomic E-state index is -4.95. The van der Waals surface area contributed by atoms with Crippen LogP contribution in [-0.4, -0.2) is 96.7 Å². The molecule has 0 aromatic heterocycles. The molecular formula is C72H140O17P2.